The van der Waals surface area contributed by atoms with Crippen LogP contribution < -0.4 is 16.9 Å². The fourth-order valence-corrected chi connectivity index (χ4v) is 2.08. The molecule has 0 heterocycles. The van der Waals surface area contributed by atoms with Crippen LogP contribution in [0.2, 0.25) is 0 Å². The number of nitrogens with zero attached hydrogens (tertiary/aromatic N) is 1. The van der Waals surface area contributed by atoms with Gasteiger partial charge in [0.05, 0.1) is 18.6 Å². The van der Waals surface area contributed by atoms with Crippen molar-refractivity contribution in [1.82, 2.24) is 10.3 Å². The van der Waals surface area contributed by atoms with Gasteiger partial charge in [-0.15, -0.1) is 0 Å². The normalized spacial score (nSPS) is 13.3. The first-order valence-electron chi connectivity index (χ1n) is 8.78. The number of allylic oxidation sites excluding steroid dienone is 1. The van der Waals surface area contributed by atoms with Gasteiger partial charge in [0, 0.05) is 30.4 Å². The zero-order valence-corrected chi connectivity index (χ0v) is 16.6. The minimum atomic E-state index is -0.513. The first kappa shape index (κ1) is 22.7. The van der Waals surface area contributed by atoms with Gasteiger partial charge in [-0.25, -0.2) is 5.84 Å². The van der Waals surface area contributed by atoms with E-state index in [0.29, 0.717) is 26.1 Å². The SMILES string of the molecule is CCCNC(=O)CC(C)(C)OCC(C)(C)CN(N)/C=C(\N)C(C)C. The summed E-state index contributed by atoms with van der Waals surface area (Å²) >= 11 is 0. The molecule has 0 aromatic rings. The van der Waals surface area contributed by atoms with Crippen molar-refractivity contribution < 1.29 is 9.53 Å². The molecule has 0 aromatic carbocycles. The molecular weight excluding hydrogens is 304 g/mol. The number of hydrogen-bond donors (Lipinski definition) is 3. The Morgan fingerprint density at radius 3 is 2.38 bits per heavy atom. The van der Waals surface area contributed by atoms with E-state index in [0.717, 1.165) is 12.1 Å². The number of hydrogen-bond acceptors (Lipinski definition) is 5. The minimum absolute atomic E-state index is 0.0211. The van der Waals surface area contributed by atoms with Crippen LogP contribution in [0.25, 0.3) is 0 Å². The van der Waals surface area contributed by atoms with Crippen molar-refractivity contribution >= 4 is 5.91 Å². The molecular formula is C18H38N4O2. The lowest BCUT2D eigenvalue weighted by atomic mass is 9.93. The molecule has 0 bridgehead atoms. The average Bonchev–Trinajstić information content (AvgIpc) is 2.42. The van der Waals surface area contributed by atoms with E-state index in [-0.39, 0.29) is 17.2 Å². The highest BCUT2D eigenvalue weighted by Gasteiger charge is 2.28. The first-order valence-corrected chi connectivity index (χ1v) is 8.78. The quantitative estimate of drug-likeness (QED) is 0.396. The molecule has 0 unspecified atom stereocenters. The molecule has 0 saturated carbocycles. The topological polar surface area (TPSA) is 93.6 Å². The maximum absolute atomic E-state index is 11.9. The maximum atomic E-state index is 11.9. The summed E-state index contributed by atoms with van der Waals surface area (Å²) in [7, 11) is 0. The summed E-state index contributed by atoms with van der Waals surface area (Å²) in [6.07, 6.45) is 3.05. The van der Waals surface area contributed by atoms with Crippen LogP contribution in [0.5, 0.6) is 0 Å². The van der Waals surface area contributed by atoms with Gasteiger partial charge in [0.25, 0.3) is 0 Å². The van der Waals surface area contributed by atoms with Crippen molar-refractivity contribution in [3.05, 3.63) is 11.9 Å². The van der Waals surface area contributed by atoms with Gasteiger partial charge in [-0.3, -0.25) is 4.79 Å². The molecule has 0 rings (SSSR count). The summed E-state index contributed by atoms with van der Waals surface area (Å²) < 4.78 is 6.00. The van der Waals surface area contributed by atoms with Gasteiger partial charge in [0.15, 0.2) is 0 Å². The standard InChI is InChI=1S/C18H38N4O2/c1-8-9-21-16(23)10-18(6,7)24-13-17(4,5)12-22(20)11-15(19)14(2)3/h11,14H,8-10,12-13,19-20H2,1-7H3,(H,21,23)/b15-11-. The molecule has 0 aromatic heterocycles. The molecule has 0 aliphatic heterocycles. The van der Waals surface area contributed by atoms with E-state index >= 15 is 0 Å². The monoisotopic (exact) mass is 342 g/mol. The molecule has 24 heavy (non-hydrogen) atoms. The number of nitrogens with one attached hydrogen (secondary N) is 1. The van der Waals surface area contributed by atoms with Crippen molar-refractivity contribution in [1.29, 1.82) is 0 Å². The number of carbonyl (C=O) groups is 1. The molecule has 0 radical (unpaired) electrons. The highest BCUT2D eigenvalue weighted by molar-refractivity contribution is 5.76. The van der Waals surface area contributed by atoms with Crippen molar-refractivity contribution in [2.45, 2.75) is 66.9 Å². The van der Waals surface area contributed by atoms with E-state index < -0.39 is 5.60 Å². The zero-order chi connectivity index (χ0) is 19.0. The van der Waals surface area contributed by atoms with E-state index in [1.807, 2.05) is 34.6 Å². The molecule has 0 fully saturated rings. The van der Waals surface area contributed by atoms with Crippen LogP contribution in [0, 0.1) is 11.3 Å². The summed E-state index contributed by atoms with van der Waals surface area (Å²) in [6.45, 7) is 15.9. The van der Waals surface area contributed by atoms with Crippen molar-refractivity contribution in [2.75, 3.05) is 19.7 Å². The molecule has 0 aliphatic rings. The average molecular weight is 343 g/mol. The Balaban J connectivity index is 4.49. The third-order valence-electron chi connectivity index (χ3n) is 3.60. The smallest absolute Gasteiger partial charge is 0.222 e. The van der Waals surface area contributed by atoms with E-state index in [4.69, 9.17) is 16.3 Å². The van der Waals surface area contributed by atoms with Crippen molar-refractivity contribution in [3.63, 3.8) is 0 Å². The van der Waals surface area contributed by atoms with Crippen LogP contribution in [0.1, 0.15) is 61.3 Å². The summed E-state index contributed by atoms with van der Waals surface area (Å²) in [5.41, 5.74) is 6.01. The number of carbonyl (C=O) groups excluding carboxylic acids is 1. The van der Waals surface area contributed by atoms with Crippen molar-refractivity contribution in [3.8, 4) is 0 Å². The van der Waals surface area contributed by atoms with Crippen LogP contribution in [0.4, 0.5) is 0 Å². The fourth-order valence-electron chi connectivity index (χ4n) is 2.08. The van der Waals surface area contributed by atoms with E-state index in [1.165, 1.54) is 0 Å². The number of amides is 1. The van der Waals surface area contributed by atoms with E-state index in [2.05, 4.69) is 19.2 Å². The molecule has 142 valence electrons. The van der Waals surface area contributed by atoms with Gasteiger partial charge in [0.1, 0.15) is 0 Å². The third kappa shape index (κ3) is 10.5. The summed E-state index contributed by atoms with van der Waals surface area (Å²) in [5, 5.41) is 4.49. The number of ether oxygens (including phenoxy) is 1. The Bertz CT molecular complexity index is 417. The van der Waals surface area contributed by atoms with Crippen LogP contribution in [-0.4, -0.2) is 36.2 Å². The Morgan fingerprint density at radius 1 is 1.29 bits per heavy atom. The van der Waals surface area contributed by atoms with Gasteiger partial charge in [0.2, 0.25) is 5.91 Å². The van der Waals surface area contributed by atoms with Crippen LogP contribution in [-0.2, 0) is 9.53 Å². The van der Waals surface area contributed by atoms with Crippen molar-refractivity contribution in [2.24, 2.45) is 22.9 Å². The molecule has 0 aliphatic carbocycles. The second kappa shape index (κ2) is 9.89. The van der Waals surface area contributed by atoms with E-state index in [1.54, 1.807) is 11.2 Å². The van der Waals surface area contributed by atoms with Crippen LogP contribution in [0.3, 0.4) is 0 Å². The highest BCUT2D eigenvalue weighted by Crippen LogP contribution is 2.23. The molecule has 0 atom stereocenters. The Labute approximate surface area is 147 Å². The lowest BCUT2D eigenvalue weighted by molar-refractivity contribution is -0.129. The number of hydrazine groups is 1. The predicted octanol–water partition coefficient (Wildman–Crippen LogP) is 2.36. The fraction of sp³-hybridized carbons (Fsp3) is 0.833. The van der Waals surface area contributed by atoms with Gasteiger partial charge in [-0.05, 0) is 26.2 Å². The van der Waals surface area contributed by atoms with Gasteiger partial charge in [-0.1, -0.05) is 34.6 Å². The van der Waals surface area contributed by atoms with Gasteiger partial charge < -0.3 is 20.8 Å². The number of rotatable bonds is 11. The Morgan fingerprint density at radius 2 is 1.88 bits per heavy atom. The second-order valence-electron chi connectivity index (χ2n) is 8.20. The minimum Gasteiger partial charge on any atom is -0.401 e. The molecule has 0 spiro atoms. The Hall–Kier alpha value is -1.27. The molecule has 6 nitrogen and oxygen atoms in total. The third-order valence-corrected chi connectivity index (χ3v) is 3.60. The summed E-state index contributed by atoms with van der Waals surface area (Å²) in [4.78, 5) is 11.9. The van der Waals surface area contributed by atoms with Gasteiger partial charge in [-0.2, -0.15) is 0 Å². The lowest BCUT2D eigenvalue weighted by Gasteiger charge is -2.34. The number of nitrogens with two attached hydrogens (primary N) is 2. The molecule has 1 amide bonds. The second-order valence-corrected chi connectivity index (χ2v) is 8.20. The summed E-state index contributed by atoms with van der Waals surface area (Å²) in [6, 6.07) is 0. The van der Waals surface area contributed by atoms with Crippen LogP contribution in [0.15, 0.2) is 11.9 Å². The maximum Gasteiger partial charge on any atom is 0.222 e. The first-order chi connectivity index (χ1) is 10.9. The van der Waals surface area contributed by atoms with Crippen LogP contribution >= 0.6 is 0 Å². The highest BCUT2D eigenvalue weighted by atomic mass is 16.5. The molecule has 5 N–H and O–H groups in total. The largest absolute Gasteiger partial charge is 0.401 e. The molecule has 0 saturated heterocycles. The lowest BCUT2D eigenvalue weighted by Crippen LogP contribution is -2.42. The zero-order valence-electron chi connectivity index (χ0n) is 16.6. The van der Waals surface area contributed by atoms with E-state index in [9.17, 15) is 4.79 Å². The Kier molecular flexibility index (Phi) is 9.37. The summed E-state index contributed by atoms with van der Waals surface area (Å²) in [5.74, 6) is 6.31. The van der Waals surface area contributed by atoms with Gasteiger partial charge >= 0.3 is 0 Å². The molecule has 6 heteroatoms. The predicted molar refractivity (Wildman–Crippen MR) is 99.7 cm³/mol.